The monoisotopic (exact) mass is 346 g/mol. The van der Waals surface area contributed by atoms with Crippen LogP contribution in [0.1, 0.15) is 31.9 Å². The molecule has 0 unspecified atom stereocenters. The number of hydrazone groups is 1. The second kappa shape index (κ2) is 7.88. The normalized spacial score (nSPS) is 11.6. The number of carbonyl (C=O) groups excluding carboxylic acids is 1. The van der Waals surface area contributed by atoms with Gasteiger partial charge in [0.1, 0.15) is 17.4 Å². The molecule has 0 spiro atoms. The summed E-state index contributed by atoms with van der Waals surface area (Å²) in [5.74, 6) is -1.35. The molecule has 6 heteroatoms. The third kappa shape index (κ3) is 5.67. The summed E-state index contributed by atoms with van der Waals surface area (Å²) in [6.45, 7) is 6.10. The van der Waals surface area contributed by atoms with Crippen molar-refractivity contribution >= 4 is 12.1 Å². The first kappa shape index (κ1) is 18.6. The molecule has 0 radical (unpaired) electrons. The molecule has 0 saturated heterocycles. The molecule has 0 aliphatic rings. The second-order valence-electron chi connectivity index (χ2n) is 6.52. The average molecular weight is 346 g/mol. The number of halogens is 2. The van der Waals surface area contributed by atoms with Gasteiger partial charge in [-0.25, -0.2) is 14.2 Å². The lowest BCUT2D eigenvalue weighted by molar-refractivity contribution is -0.123. The van der Waals surface area contributed by atoms with E-state index in [9.17, 15) is 13.6 Å². The Morgan fingerprint density at radius 3 is 2.44 bits per heavy atom. The Labute approximate surface area is 145 Å². The van der Waals surface area contributed by atoms with Crippen LogP contribution in [0.5, 0.6) is 5.75 Å². The molecule has 1 N–H and O–H groups in total. The SMILES string of the molecule is CC(C)(C)c1ccc(OCC(=O)NN=Cc2ccc(F)cc2F)cc1. The van der Waals surface area contributed by atoms with Gasteiger partial charge in [0.15, 0.2) is 6.61 Å². The maximum atomic E-state index is 13.4. The fourth-order valence-corrected chi connectivity index (χ4v) is 2.01. The number of nitrogens with one attached hydrogen (secondary N) is 1. The standard InChI is InChI=1S/C19H20F2N2O2/c1-19(2,3)14-5-8-16(9-6-14)25-12-18(24)23-22-11-13-4-7-15(20)10-17(13)21/h4-11H,12H2,1-3H3,(H,23,24). The predicted octanol–water partition coefficient (Wildman–Crippen LogP) is 3.79. The summed E-state index contributed by atoms with van der Waals surface area (Å²) in [5.41, 5.74) is 3.50. The fourth-order valence-electron chi connectivity index (χ4n) is 2.01. The fraction of sp³-hybridized carbons (Fsp3) is 0.263. The summed E-state index contributed by atoms with van der Waals surface area (Å²) in [7, 11) is 0. The molecule has 0 aromatic heterocycles. The molecule has 0 aliphatic heterocycles. The molecule has 0 aliphatic carbocycles. The number of rotatable bonds is 5. The molecule has 2 aromatic carbocycles. The molecule has 4 nitrogen and oxygen atoms in total. The molecule has 132 valence electrons. The number of hydrogen-bond acceptors (Lipinski definition) is 3. The Morgan fingerprint density at radius 1 is 1.16 bits per heavy atom. The van der Waals surface area contributed by atoms with Crippen LogP contribution in [0, 0.1) is 11.6 Å². The van der Waals surface area contributed by atoms with Crippen molar-refractivity contribution < 1.29 is 18.3 Å². The number of benzene rings is 2. The molecular weight excluding hydrogens is 326 g/mol. The van der Waals surface area contributed by atoms with Gasteiger partial charge in [0.2, 0.25) is 0 Å². The van der Waals surface area contributed by atoms with Gasteiger partial charge in [0, 0.05) is 11.6 Å². The van der Waals surface area contributed by atoms with Crippen molar-refractivity contribution in [3.05, 3.63) is 65.2 Å². The van der Waals surface area contributed by atoms with Crippen molar-refractivity contribution in [2.45, 2.75) is 26.2 Å². The lowest BCUT2D eigenvalue weighted by Gasteiger charge is -2.19. The maximum absolute atomic E-state index is 13.4. The molecule has 0 atom stereocenters. The van der Waals surface area contributed by atoms with E-state index in [4.69, 9.17) is 4.74 Å². The zero-order valence-corrected chi connectivity index (χ0v) is 14.3. The smallest absolute Gasteiger partial charge is 0.277 e. The third-order valence-corrected chi connectivity index (χ3v) is 3.45. The molecular formula is C19H20F2N2O2. The first-order valence-corrected chi connectivity index (χ1v) is 7.76. The van der Waals surface area contributed by atoms with Gasteiger partial charge >= 0.3 is 0 Å². The van der Waals surface area contributed by atoms with Crippen LogP contribution in [0.4, 0.5) is 8.78 Å². The number of ether oxygens (including phenoxy) is 1. The van der Waals surface area contributed by atoms with Gasteiger partial charge in [-0.1, -0.05) is 32.9 Å². The second-order valence-corrected chi connectivity index (χ2v) is 6.52. The Hall–Kier alpha value is -2.76. The summed E-state index contributed by atoms with van der Waals surface area (Å²) in [5, 5.41) is 3.62. The van der Waals surface area contributed by atoms with Gasteiger partial charge in [-0.2, -0.15) is 5.10 Å². The van der Waals surface area contributed by atoms with Gasteiger partial charge in [0.05, 0.1) is 6.21 Å². The molecule has 25 heavy (non-hydrogen) atoms. The van der Waals surface area contributed by atoms with Crippen molar-refractivity contribution in [3.8, 4) is 5.75 Å². The van der Waals surface area contributed by atoms with Crippen molar-refractivity contribution in [1.29, 1.82) is 0 Å². The van der Waals surface area contributed by atoms with E-state index >= 15 is 0 Å². The maximum Gasteiger partial charge on any atom is 0.277 e. The van der Waals surface area contributed by atoms with Gasteiger partial charge < -0.3 is 4.74 Å². The van der Waals surface area contributed by atoms with E-state index in [1.54, 1.807) is 12.1 Å². The summed E-state index contributed by atoms with van der Waals surface area (Å²) < 4.78 is 31.5. The number of hydrogen-bond donors (Lipinski definition) is 1. The van der Waals surface area contributed by atoms with Gasteiger partial charge in [0.25, 0.3) is 5.91 Å². The van der Waals surface area contributed by atoms with E-state index < -0.39 is 17.5 Å². The zero-order chi connectivity index (χ0) is 18.4. The minimum Gasteiger partial charge on any atom is -0.484 e. The highest BCUT2D eigenvalue weighted by Crippen LogP contribution is 2.24. The third-order valence-electron chi connectivity index (χ3n) is 3.45. The van der Waals surface area contributed by atoms with Crippen LogP contribution in [0.25, 0.3) is 0 Å². The number of carbonyl (C=O) groups is 1. The highest BCUT2D eigenvalue weighted by molar-refractivity contribution is 5.83. The van der Waals surface area contributed by atoms with Crippen molar-refractivity contribution in [2.24, 2.45) is 5.10 Å². The highest BCUT2D eigenvalue weighted by atomic mass is 19.1. The average Bonchev–Trinajstić information content (AvgIpc) is 2.54. The van der Waals surface area contributed by atoms with E-state index in [0.717, 1.165) is 23.9 Å². The Balaban J connectivity index is 1.83. The molecule has 0 bridgehead atoms. The first-order valence-electron chi connectivity index (χ1n) is 7.76. The number of nitrogens with zero attached hydrogens (tertiary/aromatic N) is 1. The van der Waals surface area contributed by atoms with Crippen molar-refractivity contribution in [1.82, 2.24) is 5.43 Å². The van der Waals surface area contributed by atoms with Crippen LogP contribution < -0.4 is 10.2 Å². The van der Waals surface area contributed by atoms with Gasteiger partial charge in [-0.15, -0.1) is 0 Å². The predicted molar refractivity (Wildman–Crippen MR) is 92.7 cm³/mol. The van der Waals surface area contributed by atoms with E-state index in [0.29, 0.717) is 5.75 Å². The molecule has 0 heterocycles. The van der Waals surface area contributed by atoms with Crippen LogP contribution in [0.2, 0.25) is 0 Å². The van der Waals surface area contributed by atoms with Crippen LogP contribution in [-0.4, -0.2) is 18.7 Å². The van der Waals surface area contributed by atoms with Crippen LogP contribution in [0.3, 0.4) is 0 Å². The number of amides is 1. The topological polar surface area (TPSA) is 50.7 Å². The van der Waals surface area contributed by atoms with E-state index in [1.807, 2.05) is 12.1 Å². The minimum atomic E-state index is -0.756. The molecule has 1 amide bonds. The minimum absolute atomic E-state index is 0.0419. The quantitative estimate of drug-likeness (QED) is 0.661. The Bertz CT molecular complexity index is 766. The van der Waals surface area contributed by atoms with Crippen molar-refractivity contribution in [2.75, 3.05) is 6.61 Å². The first-order chi connectivity index (χ1) is 11.8. The Kier molecular flexibility index (Phi) is 5.85. The lowest BCUT2D eigenvalue weighted by Crippen LogP contribution is -2.24. The summed E-state index contributed by atoms with van der Waals surface area (Å²) in [6.07, 6.45) is 1.10. The van der Waals surface area contributed by atoms with E-state index in [2.05, 4.69) is 31.3 Å². The van der Waals surface area contributed by atoms with E-state index in [-0.39, 0.29) is 17.6 Å². The van der Waals surface area contributed by atoms with Crippen LogP contribution in [-0.2, 0) is 10.2 Å². The molecule has 2 rings (SSSR count). The van der Waals surface area contributed by atoms with Gasteiger partial charge in [-0.05, 0) is 35.2 Å². The Morgan fingerprint density at radius 2 is 1.84 bits per heavy atom. The highest BCUT2D eigenvalue weighted by Gasteiger charge is 2.13. The van der Waals surface area contributed by atoms with Crippen molar-refractivity contribution in [3.63, 3.8) is 0 Å². The zero-order valence-electron chi connectivity index (χ0n) is 14.3. The summed E-state index contributed by atoms with van der Waals surface area (Å²) in [6, 6.07) is 10.6. The molecule has 2 aromatic rings. The van der Waals surface area contributed by atoms with E-state index in [1.165, 1.54) is 6.07 Å². The summed E-state index contributed by atoms with van der Waals surface area (Å²) >= 11 is 0. The van der Waals surface area contributed by atoms with Gasteiger partial charge in [-0.3, -0.25) is 4.79 Å². The lowest BCUT2D eigenvalue weighted by atomic mass is 9.87. The van der Waals surface area contributed by atoms with Crippen LogP contribution in [0.15, 0.2) is 47.6 Å². The van der Waals surface area contributed by atoms with Crippen LogP contribution >= 0.6 is 0 Å². The molecule has 0 saturated carbocycles. The largest absolute Gasteiger partial charge is 0.484 e. The summed E-state index contributed by atoms with van der Waals surface area (Å²) in [4.78, 5) is 11.7. The molecule has 0 fully saturated rings.